The van der Waals surface area contributed by atoms with E-state index in [-0.39, 0.29) is 0 Å². The molecule has 4 nitrogen and oxygen atoms in total. The summed E-state index contributed by atoms with van der Waals surface area (Å²) in [6, 6.07) is 8.22. The van der Waals surface area contributed by atoms with Crippen LogP contribution in [0.3, 0.4) is 0 Å². The molecule has 4 heteroatoms. The van der Waals surface area contributed by atoms with Crippen molar-refractivity contribution in [2.24, 2.45) is 0 Å². The highest BCUT2D eigenvalue weighted by atomic mass is 16.5. The molecule has 0 bridgehead atoms. The molecule has 1 aromatic carbocycles. The zero-order chi connectivity index (χ0) is 12.2. The number of hydrogen-bond acceptors (Lipinski definition) is 3. The third kappa shape index (κ3) is 2.66. The number of morpholine rings is 1. The quantitative estimate of drug-likeness (QED) is 0.895. The summed E-state index contributed by atoms with van der Waals surface area (Å²) in [7, 11) is 0. The topological polar surface area (TPSA) is 37.5 Å². The van der Waals surface area contributed by atoms with E-state index >= 15 is 0 Å². The molecule has 0 amide bonds. The van der Waals surface area contributed by atoms with Gasteiger partial charge in [-0.2, -0.15) is 0 Å². The van der Waals surface area contributed by atoms with Gasteiger partial charge in [0.05, 0.1) is 13.2 Å². The average molecular weight is 246 g/mol. The van der Waals surface area contributed by atoms with Crippen LogP contribution in [0.15, 0.2) is 30.5 Å². The van der Waals surface area contributed by atoms with Crippen molar-refractivity contribution in [3.8, 4) is 5.75 Å². The summed E-state index contributed by atoms with van der Waals surface area (Å²) in [6.07, 6.45) is 1.95. The molecule has 1 N–H and O–H groups in total. The van der Waals surface area contributed by atoms with Gasteiger partial charge >= 0.3 is 0 Å². The molecule has 1 saturated heterocycles. The van der Waals surface area contributed by atoms with Crippen LogP contribution in [0.2, 0.25) is 0 Å². The molecule has 3 rings (SSSR count). The Bertz CT molecular complexity index is 503. The highest BCUT2D eigenvalue weighted by molar-refractivity contribution is 5.80. The maximum Gasteiger partial charge on any atom is 0.121 e. The zero-order valence-corrected chi connectivity index (χ0v) is 10.4. The molecule has 2 heterocycles. The number of rotatable bonds is 4. The first-order chi connectivity index (χ1) is 8.92. The van der Waals surface area contributed by atoms with Gasteiger partial charge < -0.3 is 14.5 Å². The number of benzene rings is 1. The van der Waals surface area contributed by atoms with Crippen LogP contribution in [0.4, 0.5) is 0 Å². The molecule has 0 saturated carbocycles. The van der Waals surface area contributed by atoms with E-state index in [2.05, 4.69) is 28.1 Å². The van der Waals surface area contributed by atoms with Crippen LogP contribution in [0.5, 0.6) is 5.75 Å². The van der Waals surface area contributed by atoms with Crippen molar-refractivity contribution in [3.05, 3.63) is 30.5 Å². The number of ether oxygens (including phenoxy) is 2. The smallest absolute Gasteiger partial charge is 0.121 e. The van der Waals surface area contributed by atoms with Gasteiger partial charge in [0.25, 0.3) is 0 Å². The van der Waals surface area contributed by atoms with E-state index in [1.165, 1.54) is 5.39 Å². The molecule has 2 aromatic rings. The number of aromatic amines is 1. The lowest BCUT2D eigenvalue weighted by atomic mass is 10.2. The van der Waals surface area contributed by atoms with Gasteiger partial charge in [-0.25, -0.2) is 0 Å². The lowest BCUT2D eigenvalue weighted by molar-refractivity contribution is 0.0322. The average Bonchev–Trinajstić information content (AvgIpc) is 2.87. The minimum Gasteiger partial charge on any atom is -0.492 e. The van der Waals surface area contributed by atoms with Gasteiger partial charge in [0.2, 0.25) is 0 Å². The second-order valence-corrected chi connectivity index (χ2v) is 4.53. The minimum atomic E-state index is 0.728. The molecule has 1 aliphatic heterocycles. The normalized spacial score (nSPS) is 17.1. The standard InChI is InChI=1S/C14H18N2O2/c1-2-13(11-14-12(1)3-4-15-14)18-10-7-16-5-8-17-9-6-16/h1-4,11,15H,5-10H2. The van der Waals surface area contributed by atoms with Crippen LogP contribution in [0, 0.1) is 0 Å². The van der Waals surface area contributed by atoms with E-state index in [4.69, 9.17) is 9.47 Å². The Kier molecular flexibility index (Phi) is 3.48. The first kappa shape index (κ1) is 11.6. The van der Waals surface area contributed by atoms with Crippen LogP contribution in [0.1, 0.15) is 0 Å². The van der Waals surface area contributed by atoms with Crippen molar-refractivity contribution < 1.29 is 9.47 Å². The van der Waals surface area contributed by atoms with Crippen molar-refractivity contribution in [1.29, 1.82) is 0 Å². The second kappa shape index (κ2) is 5.42. The van der Waals surface area contributed by atoms with Gasteiger partial charge in [0, 0.05) is 37.4 Å². The van der Waals surface area contributed by atoms with E-state index in [0.717, 1.165) is 50.7 Å². The van der Waals surface area contributed by atoms with Crippen molar-refractivity contribution in [3.63, 3.8) is 0 Å². The summed E-state index contributed by atoms with van der Waals surface area (Å²) in [4.78, 5) is 5.56. The lowest BCUT2D eigenvalue weighted by Gasteiger charge is -2.26. The fraction of sp³-hybridized carbons (Fsp3) is 0.429. The zero-order valence-electron chi connectivity index (χ0n) is 10.4. The van der Waals surface area contributed by atoms with Gasteiger partial charge in [0.1, 0.15) is 12.4 Å². The summed E-state index contributed by atoms with van der Waals surface area (Å²) in [5, 5.41) is 1.22. The summed E-state index contributed by atoms with van der Waals surface area (Å²) in [6.45, 7) is 5.40. The number of fused-ring (bicyclic) bond motifs is 1. The van der Waals surface area contributed by atoms with Crippen molar-refractivity contribution in [2.75, 3.05) is 39.5 Å². The summed E-state index contributed by atoms with van der Waals surface area (Å²) in [5.74, 6) is 0.929. The van der Waals surface area contributed by atoms with E-state index in [0.29, 0.717) is 0 Å². The summed E-state index contributed by atoms with van der Waals surface area (Å²) < 4.78 is 11.1. The Morgan fingerprint density at radius 2 is 2.11 bits per heavy atom. The first-order valence-electron chi connectivity index (χ1n) is 6.42. The van der Waals surface area contributed by atoms with Crippen molar-refractivity contribution in [1.82, 2.24) is 9.88 Å². The maximum absolute atomic E-state index is 5.78. The molecule has 0 aliphatic carbocycles. The molecular formula is C14H18N2O2. The predicted octanol–water partition coefficient (Wildman–Crippen LogP) is 1.88. The van der Waals surface area contributed by atoms with Gasteiger partial charge in [-0.3, -0.25) is 4.90 Å². The Balaban J connectivity index is 1.52. The van der Waals surface area contributed by atoms with Crippen LogP contribution in [0.25, 0.3) is 10.9 Å². The molecule has 0 atom stereocenters. The van der Waals surface area contributed by atoms with E-state index in [1.54, 1.807) is 0 Å². The Hall–Kier alpha value is -1.52. The van der Waals surface area contributed by atoms with Crippen LogP contribution >= 0.6 is 0 Å². The molecule has 96 valence electrons. The monoisotopic (exact) mass is 246 g/mol. The number of hydrogen-bond donors (Lipinski definition) is 1. The third-order valence-electron chi connectivity index (χ3n) is 3.31. The summed E-state index contributed by atoms with van der Waals surface area (Å²) >= 11 is 0. The summed E-state index contributed by atoms with van der Waals surface area (Å²) in [5.41, 5.74) is 1.12. The van der Waals surface area contributed by atoms with Crippen LogP contribution in [-0.2, 0) is 4.74 Å². The van der Waals surface area contributed by atoms with E-state index in [1.807, 2.05) is 12.3 Å². The van der Waals surface area contributed by atoms with Crippen LogP contribution < -0.4 is 4.74 Å². The number of nitrogens with one attached hydrogen (secondary N) is 1. The molecule has 1 fully saturated rings. The molecule has 0 spiro atoms. The largest absolute Gasteiger partial charge is 0.492 e. The Labute approximate surface area is 106 Å². The predicted molar refractivity (Wildman–Crippen MR) is 71.1 cm³/mol. The highest BCUT2D eigenvalue weighted by Crippen LogP contribution is 2.19. The van der Waals surface area contributed by atoms with Crippen molar-refractivity contribution in [2.45, 2.75) is 0 Å². The van der Waals surface area contributed by atoms with Gasteiger partial charge in [0.15, 0.2) is 0 Å². The van der Waals surface area contributed by atoms with Gasteiger partial charge in [-0.05, 0) is 23.6 Å². The lowest BCUT2D eigenvalue weighted by Crippen LogP contribution is -2.38. The SMILES string of the molecule is c1cc2ccc(OCCN3CCOCC3)cc2[nH]1. The fourth-order valence-electron chi connectivity index (χ4n) is 2.23. The number of aromatic nitrogens is 1. The van der Waals surface area contributed by atoms with Crippen LogP contribution in [-0.4, -0.2) is 49.3 Å². The molecular weight excluding hydrogens is 228 g/mol. The van der Waals surface area contributed by atoms with Crippen molar-refractivity contribution >= 4 is 10.9 Å². The maximum atomic E-state index is 5.78. The number of H-pyrrole nitrogens is 1. The fourth-order valence-corrected chi connectivity index (χ4v) is 2.23. The van der Waals surface area contributed by atoms with E-state index < -0.39 is 0 Å². The Morgan fingerprint density at radius 1 is 1.22 bits per heavy atom. The highest BCUT2D eigenvalue weighted by Gasteiger charge is 2.09. The Morgan fingerprint density at radius 3 is 3.00 bits per heavy atom. The molecule has 0 radical (unpaired) electrons. The van der Waals surface area contributed by atoms with E-state index in [9.17, 15) is 0 Å². The number of nitrogens with zero attached hydrogens (tertiary/aromatic N) is 1. The molecule has 1 aromatic heterocycles. The molecule has 1 aliphatic rings. The third-order valence-corrected chi connectivity index (χ3v) is 3.31. The second-order valence-electron chi connectivity index (χ2n) is 4.53. The molecule has 0 unspecified atom stereocenters. The first-order valence-corrected chi connectivity index (χ1v) is 6.42. The molecule has 18 heavy (non-hydrogen) atoms. The van der Waals surface area contributed by atoms with Gasteiger partial charge in [-0.15, -0.1) is 0 Å². The van der Waals surface area contributed by atoms with Gasteiger partial charge in [-0.1, -0.05) is 0 Å². The minimum absolute atomic E-state index is 0.728.